The molecular formula is C14H11FN4O. The van der Waals surface area contributed by atoms with E-state index in [1.165, 1.54) is 6.20 Å². The second-order valence-electron chi connectivity index (χ2n) is 4.47. The van der Waals surface area contributed by atoms with Crippen LogP contribution in [0.15, 0.2) is 36.7 Å². The first-order valence-corrected chi connectivity index (χ1v) is 6.00. The molecule has 0 aliphatic carbocycles. The summed E-state index contributed by atoms with van der Waals surface area (Å²) in [6.45, 7) is 1.98. The number of amides is 1. The Kier molecular flexibility index (Phi) is 2.90. The first-order valence-electron chi connectivity index (χ1n) is 6.00. The predicted octanol–water partition coefficient (Wildman–Crippen LogP) is 2.66. The fourth-order valence-corrected chi connectivity index (χ4v) is 1.92. The molecule has 1 aromatic carbocycles. The van der Waals surface area contributed by atoms with Crippen molar-refractivity contribution in [1.29, 1.82) is 0 Å². The fourth-order valence-electron chi connectivity index (χ4n) is 1.92. The molecule has 0 fully saturated rings. The normalized spacial score (nSPS) is 10.7. The van der Waals surface area contributed by atoms with Gasteiger partial charge in [0.2, 0.25) is 0 Å². The van der Waals surface area contributed by atoms with Crippen molar-refractivity contribution in [3.8, 4) is 0 Å². The van der Waals surface area contributed by atoms with E-state index in [2.05, 4.69) is 20.5 Å². The number of pyridine rings is 1. The van der Waals surface area contributed by atoms with Crippen molar-refractivity contribution in [2.45, 2.75) is 6.92 Å². The molecule has 3 aromatic rings. The Morgan fingerprint density at radius 3 is 2.90 bits per heavy atom. The molecule has 100 valence electrons. The van der Waals surface area contributed by atoms with E-state index in [1.54, 1.807) is 6.07 Å². The predicted molar refractivity (Wildman–Crippen MR) is 73.0 cm³/mol. The number of nitrogens with one attached hydrogen (secondary N) is 2. The number of rotatable bonds is 2. The van der Waals surface area contributed by atoms with Gasteiger partial charge in [-0.2, -0.15) is 5.10 Å². The smallest absolute Gasteiger partial charge is 0.276 e. The summed E-state index contributed by atoms with van der Waals surface area (Å²) >= 11 is 0. The van der Waals surface area contributed by atoms with Crippen molar-refractivity contribution in [1.82, 2.24) is 15.2 Å². The third kappa shape index (κ3) is 2.23. The minimum absolute atomic E-state index is 0.200. The minimum Gasteiger partial charge on any atom is -0.319 e. The maximum absolute atomic E-state index is 13.2. The van der Waals surface area contributed by atoms with Gasteiger partial charge in [0, 0.05) is 5.39 Å². The fraction of sp³-hybridized carbons (Fsp3) is 0.0714. The van der Waals surface area contributed by atoms with E-state index in [1.807, 2.05) is 25.1 Å². The lowest BCUT2D eigenvalue weighted by Crippen LogP contribution is -2.14. The summed E-state index contributed by atoms with van der Waals surface area (Å²) in [5, 5.41) is 9.26. The van der Waals surface area contributed by atoms with Crippen molar-refractivity contribution in [2.75, 3.05) is 5.32 Å². The van der Waals surface area contributed by atoms with E-state index < -0.39 is 11.7 Å². The zero-order chi connectivity index (χ0) is 14.1. The molecule has 0 atom stereocenters. The summed E-state index contributed by atoms with van der Waals surface area (Å²) in [6.07, 6.45) is 2.49. The molecule has 6 heteroatoms. The Balaban J connectivity index is 1.90. The zero-order valence-electron chi connectivity index (χ0n) is 10.6. The maximum Gasteiger partial charge on any atom is 0.276 e. The lowest BCUT2D eigenvalue weighted by atomic mass is 10.1. The van der Waals surface area contributed by atoms with Crippen LogP contribution in [0.3, 0.4) is 0 Å². The average molecular weight is 270 g/mol. The lowest BCUT2D eigenvalue weighted by Gasteiger charge is -2.05. The number of anilines is 1. The molecule has 2 heterocycles. The van der Waals surface area contributed by atoms with Gasteiger partial charge in [0.15, 0.2) is 11.5 Å². The molecule has 2 aromatic heterocycles. The highest BCUT2D eigenvalue weighted by Gasteiger charge is 2.14. The third-order valence-electron chi connectivity index (χ3n) is 2.92. The maximum atomic E-state index is 13.2. The molecular weight excluding hydrogens is 259 g/mol. The highest BCUT2D eigenvalue weighted by Crippen LogP contribution is 2.18. The first-order chi connectivity index (χ1) is 9.63. The number of carbonyl (C=O) groups excluding carboxylic acids is 1. The van der Waals surface area contributed by atoms with Crippen molar-refractivity contribution in [3.05, 3.63) is 53.7 Å². The third-order valence-corrected chi connectivity index (χ3v) is 2.92. The summed E-state index contributed by atoms with van der Waals surface area (Å²) in [7, 11) is 0. The van der Waals surface area contributed by atoms with Gasteiger partial charge in [-0.1, -0.05) is 12.1 Å². The van der Waals surface area contributed by atoms with Crippen LogP contribution in [0.1, 0.15) is 16.1 Å². The monoisotopic (exact) mass is 270 g/mol. The standard InChI is InChI=1S/C14H11FN4O/c1-8-2-3-9-5-10(6-16-12(9)4-8)18-14(20)13-11(15)7-17-19-13/h2-7H,1H3,(H,17,19)(H,18,20). The second kappa shape index (κ2) is 4.73. The van der Waals surface area contributed by atoms with Crippen LogP contribution in [-0.2, 0) is 0 Å². The molecule has 0 spiro atoms. The van der Waals surface area contributed by atoms with E-state index in [0.717, 1.165) is 22.7 Å². The molecule has 20 heavy (non-hydrogen) atoms. The molecule has 2 N–H and O–H groups in total. The lowest BCUT2D eigenvalue weighted by molar-refractivity contribution is 0.101. The van der Waals surface area contributed by atoms with E-state index in [-0.39, 0.29) is 5.69 Å². The van der Waals surface area contributed by atoms with Gasteiger partial charge in [0.25, 0.3) is 5.91 Å². The van der Waals surface area contributed by atoms with Gasteiger partial charge in [0.05, 0.1) is 23.6 Å². The number of nitrogens with zero attached hydrogens (tertiary/aromatic N) is 2. The second-order valence-corrected chi connectivity index (χ2v) is 4.47. The molecule has 3 rings (SSSR count). The molecule has 1 amide bonds. The van der Waals surface area contributed by atoms with Crippen LogP contribution in [0.5, 0.6) is 0 Å². The molecule has 5 nitrogen and oxygen atoms in total. The summed E-state index contributed by atoms with van der Waals surface area (Å²) in [4.78, 5) is 16.1. The number of halogens is 1. The number of aromatic amines is 1. The Hall–Kier alpha value is -2.76. The molecule has 0 unspecified atom stereocenters. The molecule has 0 bridgehead atoms. The highest BCUT2D eigenvalue weighted by atomic mass is 19.1. The van der Waals surface area contributed by atoms with Crippen LogP contribution in [0, 0.1) is 12.7 Å². The zero-order valence-corrected chi connectivity index (χ0v) is 10.6. The molecule has 0 aliphatic heterocycles. The number of hydrogen-bond acceptors (Lipinski definition) is 3. The number of aryl methyl sites for hydroxylation is 1. The van der Waals surface area contributed by atoms with Gasteiger partial charge in [-0.15, -0.1) is 0 Å². The van der Waals surface area contributed by atoms with Crippen molar-refractivity contribution >= 4 is 22.5 Å². The first kappa shape index (κ1) is 12.3. The van der Waals surface area contributed by atoms with E-state index in [4.69, 9.17) is 0 Å². The largest absolute Gasteiger partial charge is 0.319 e. The topological polar surface area (TPSA) is 70.7 Å². The van der Waals surface area contributed by atoms with Crippen LogP contribution in [0.4, 0.5) is 10.1 Å². The number of carbonyl (C=O) groups is 1. The van der Waals surface area contributed by atoms with Crippen LogP contribution in [-0.4, -0.2) is 21.1 Å². The van der Waals surface area contributed by atoms with Crippen molar-refractivity contribution in [2.24, 2.45) is 0 Å². The number of benzene rings is 1. The van der Waals surface area contributed by atoms with E-state index >= 15 is 0 Å². The minimum atomic E-state index is -0.688. The molecule has 0 saturated heterocycles. The van der Waals surface area contributed by atoms with Gasteiger partial charge in [-0.25, -0.2) is 4.39 Å². The number of fused-ring (bicyclic) bond motifs is 1. The molecule has 0 radical (unpaired) electrons. The van der Waals surface area contributed by atoms with Gasteiger partial charge in [-0.3, -0.25) is 14.9 Å². The van der Waals surface area contributed by atoms with Gasteiger partial charge in [0.1, 0.15) is 0 Å². The summed E-state index contributed by atoms with van der Waals surface area (Å²) in [5.74, 6) is -1.28. The Bertz CT molecular complexity index is 797. The number of H-pyrrole nitrogens is 1. The summed E-state index contributed by atoms with van der Waals surface area (Å²) < 4.78 is 13.2. The quantitative estimate of drug-likeness (QED) is 0.752. The molecule has 0 aliphatic rings. The number of hydrogen-bond donors (Lipinski definition) is 2. The van der Waals surface area contributed by atoms with Crippen LogP contribution >= 0.6 is 0 Å². The van der Waals surface area contributed by atoms with Crippen LogP contribution < -0.4 is 5.32 Å². The molecule has 0 saturated carbocycles. The van der Waals surface area contributed by atoms with Crippen molar-refractivity contribution in [3.63, 3.8) is 0 Å². The Morgan fingerprint density at radius 2 is 2.15 bits per heavy atom. The number of aromatic nitrogens is 3. The average Bonchev–Trinajstić information content (AvgIpc) is 2.85. The Labute approximate surface area is 113 Å². The van der Waals surface area contributed by atoms with Gasteiger partial charge >= 0.3 is 0 Å². The van der Waals surface area contributed by atoms with Crippen LogP contribution in [0.25, 0.3) is 10.9 Å². The van der Waals surface area contributed by atoms with Gasteiger partial charge in [-0.05, 0) is 24.6 Å². The summed E-state index contributed by atoms with van der Waals surface area (Å²) in [5.41, 5.74) is 2.26. The summed E-state index contributed by atoms with van der Waals surface area (Å²) in [6, 6.07) is 7.62. The highest BCUT2D eigenvalue weighted by molar-refractivity contribution is 6.03. The Morgan fingerprint density at radius 1 is 1.30 bits per heavy atom. The van der Waals surface area contributed by atoms with Gasteiger partial charge < -0.3 is 5.32 Å². The van der Waals surface area contributed by atoms with Crippen molar-refractivity contribution < 1.29 is 9.18 Å². The SMILES string of the molecule is Cc1ccc2cc(NC(=O)c3[nH]ncc3F)cnc2c1. The van der Waals surface area contributed by atoms with E-state index in [0.29, 0.717) is 5.69 Å². The van der Waals surface area contributed by atoms with Crippen LogP contribution in [0.2, 0.25) is 0 Å². The van der Waals surface area contributed by atoms with E-state index in [9.17, 15) is 9.18 Å².